The van der Waals surface area contributed by atoms with E-state index in [4.69, 9.17) is 4.52 Å². The van der Waals surface area contributed by atoms with Gasteiger partial charge in [-0.05, 0) is 43.2 Å². The third-order valence-electron chi connectivity index (χ3n) is 4.80. The molecule has 2 aromatic carbocycles. The van der Waals surface area contributed by atoms with E-state index in [-0.39, 0.29) is 5.82 Å². The van der Waals surface area contributed by atoms with Crippen LogP contribution in [0.5, 0.6) is 0 Å². The summed E-state index contributed by atoms with van der Waals surface area (Å²) in [6, 6.07) is 15.1. The molecule has 144 valence electrons. The Morgan fingerprint density at radius 1 is 1.03 bits per heavy atom. The summed E-state index contributed by atoms with van der Waals surface area (Å²) >= 11 is 1.46. The maximum atomic E-state index is 13.8. The molecule has 0 amide bonds. The van der Waals surface area contributed by atoms with Crippen molar-refractivity contribution in [2.24, 2.45) is 0 Å². The van der Waals surface area contributed by atoms with Crippen LogP contribution in [0.1, 0.15) is 17.0 Å². The molecule has 0 saturated carbocycles. The maximum Gasteiger partial charge on any atom is 0.237 e. The fraction of sp³-hybridized carbons (Fsp3) is 0.143. The quantitative estimate of drug-likeness (QED) is 0.393. The van der Waals surface area contributed by atoms with Gasteiger partial charge in [0.05, 0.1) is 11.3 Å². The number of benzene rings is 2. The van der Waals surface area contributed by atoms with E-state index < -0.39 is 0 Å². The van der Waals surface area contributed by atoms with Crippen LogP contribution in [0.25, 0.3) is 27.9 Å². The van der Waals surface area contributed by atoms with Crippen LogP contribution in [0.15, 0.2) is 58.2 Å². The molecule has 6 nitrogen and oxygen atoms in total. The minimum absolute atomic E-state index is 0.291. The predicted molar refractivity (Wildman–Crippen MR) is 109 cm³/mol. The van der Waals surface area contributed by atoms with E-state index in [9.17, 15) is 4.39 Å². The number of halogens is 1. The summed E-state index contributed by atoms with van der Waals surface area (Å²) in [6.45, 7) is 3.78. The molecule has 29 heavy (non-hydrogen) atoms. The summed E-state index contributed by atoms with van der Waals surface area (Å²) in [5, 5.41) is 14.5. The highest BCUT2D eigenvalue weighted by Crippen LogP contribution is 2.28. The Hall–Kier alpha value is -3.26. The normalized spacial score (nSPS) is 11.6. The van der Waals surface area contributed by atoms with Crippen LogP contribution < -0.4 is 0 Å². The zero-order valence-electron chi connectivity index (χ0n) is 15.8. The number of fused-ring (bicyclic) bond motifs is 3. The molecular weight excluding hydrogens is 389 g/mol. The minimum Gasteiger partial charge on any atom is -0.338 e. The van der Waals surface area contributed by atoms with E-state index in [2.05, 4.69) is 39.4 Å². The molecule has 5 rings (SSSR count). The topological polar surface area (TPSA) is 69.1 Å². The van der Waals surface area contributed by atoms with Crippen LogP contribution in [0.4, 0.5) is 4.39 Å². The molecule has 0 radical (unpaired) electrons. The van der Waals surface area contributed by atoms with Crippen molar-refractivity contribution < 1.29 is 8.91 Å². The number of nitrogens with zero attached hydrogens (tertiary/aromatic N) is 5. The third-order valence-corrected chi connectivity index (χ3v) is 5.71. The molecule has 0 aliphatic heterocycles. The van der Waals surface area contributed by atoms with Gasteiger partial charge >= 0.3 is 0 Å². The van der Waals surface area contributed by atoms with Crippen LogP contribution in [0, 0.1) is 19.7 Å². The smallest absolute Gasteiger partial charge is 0.237 e. The van der Waals surface area contributed by atoms with Crippen LogP contribution >= 0.6 is 11.8 Å². The van der Waals surface area contributed by atoms with E-state index in [1.807, 2.05) is 22.6 Å². The predicted octanol–water partition coefficient (Wildman–Crippen LogP) is 4.98. The van der Waals surface area contributed by atoms with Gasteiger partial charge in [-0.15, -0.1) is 10.2 Å². The average molecular weight is 405 g/mol. The molecule has 0 bridgehead atoms. The number of hydrogen-bond donors (Lipinski definition) is 0. The van der Waals surface area contributed by atoms with Crippen LogP contribution in [0.3, 0.4) is 0 Å². The first-order valence-corrected chi connectivity index (χ1v) is 10.0. The fourth-order valence-electron chi connectivity index (χ4n) is 3.26. The van der Waals surface area contributed by atoms with Gasteiger partial charge in [0.1, 0.15) is 5.82 Å². The highest BCUT2D eigenvalue weighted by atomic mass is 32.2. The summed E-state index contributed by atoms with van der Waals surface area (Å²) < 4.78 is 21.2. The number of thioether (sulfide) groups is 1. The van der Waals surface area contributed by atoms with Gasteiger partial charge < -0.3 is 4.52 Å². The van der Waals surface area contributed by atoms with Crippen molar-refractivity contribution >= 4 is 28.3 Å². The monoisotopic (exact) mass is 405 g/mol. The molecule has 0 atom stereocenters. The lowest BCUT2D eigenvalue weighted by Gasteiger charge is -2.06. The highest BCUT2D eigenvalue weighted by Gasteiger charge is 2.15. The molecule has 0 fully saturated rings. The SMILES string of the molecule is Cc1ccc(-c2noc(CSc3nnc4cc(C)c5ccccc5n34)n2)cc1F. The van der Waals surface area contributed by atoms with Crippen molar-refractivity contribution in [3.63, 3.8) is 0 Å². The van der Waals surface area contributed by atoms with E-state index in [0.29, 0.717) is 28.6 Å². The Morgan fingerprint density at radius 2 is 1.90 bits per heavy atom. The van der Waals surface area contributed by atoms with Crippen molar-refractivity contribution in [3.8, 4) is 11.4 Å². The van der Waals surface area contributed by atoms with Gasteiger partial charge in [-0.25, -0.2) is 4.39 Å². The molecule has 5 aromatic rings. The molecule has 0 aliphatic carbocycles. The summed E-state index contributed by atoms with van der Waals surface area (Å²) in [6.07, 6.45) is 0. The molecule has 0 spiro atoms. The van der Waals surface area contributed by atoms with Gasteiger partial charge in [-0.2, -0.15) is 4.98 Å². The van der Waals surface area contributed by atoms with Crippen molar-refractivity contribution in [1.82, 2.24) is 24.7 Å². The minimum atomic E-state index is -0.291. The third kappa shape index (κ3) is 3.15. The lowest BCUT2D eigenvalue weighted by Crippen LogP contribution is -1.93. The standard InChI is InChI=1S/C21H16FN5OS/c1-12-7-8-14(10-16(12)22)20-23-19(28-26-20)11-29-21-25-24-18-9-13(2)15-5-3-4-6-17(15)27(18)21/h3-10H,11H2,1-2H3. The number of pyridine rings is 1. The lowest BCUT2D eigenvalue weighted by atomic mass is 10.1. The largest absolute Gasteiger partial charge is 0.338 e. The van der Waals surface area contributed by atoms with Crippen molar-refractivity contribution in [2.45, 2.75) is 24.8 Å². The molecule has 0 saturated heterocycles. The second kappa shape index (κ2) is 6.97. The van der Waals surface area contributed by atoms with Gasteiger partial charge in [-0.3, -0.25) is 4.40 Å². The zero-order valence-corrected chi connectivity index (χ0v) is 16.6. The number of hydrogen-bond acceptors (Lipinski definition) is 6. The molecule has 3 aromatic heterocycles. The van der Waals surface area contributed by atoms with Gasteiger partial charge in [0.2, 0.25) is 11.7 Å². The van der Waals surface area contributed by atoms with E-state index in [1.54, 1.807) is 19.1 Å². The Kier molecular flexibility index (Phi) is 4.28. The molecular formula is C21H16FN5OS. The highest BCUT2D eigenvalue weighted by molar-refractivity contribution is 7.98. The Bertz CT molecular complexity index is 1360. The van der Waals surface area contributed by atoms with Gasteiger partial charge in [0.25, 0.3) is 0 Å². The van der Waals surface area contributed by atoms with Crippen LogP contribution in [-0.4, -0.2) is 24.7 Å². The van der Waals surface area contributed by atoms with Gasteiger partial charge in [-0.1, -0.05) is 47.3 Å². The number of aryl methyl sites for hydroxylation is 2. The number of aromatic nitrogens is 5. The van der Waals surface area contributed by atoms with Crippen LogP contribution in [0.2, 0.25) is 0 Å². The second-order valence-electron chi connectivity index (χ2n) is 6.79. The molecule has 0 N–H and O–H groups in total. The Balaban J connectivity index is 1.44. The van der Waals surface area contributed by atoms with Crippen molar-refractivity contribution in [3.05, 3.63) is 71.4 Å². The van der Waals surface area contributed by atoms with E-state index >= 15 is 0 Å². The Morgan fingerprint density at radius 3 is 2.76 bits per heavy atom. The molecule has 8 heteroatoms. The summed E-state index contributed by atoms with van der Waals surface area (Å²) in [5.41, 5.74) is 4.17. The summed E-state index contributed by atoms with van der Waals surface area (Å²) in [7, 11) is 0. The zero-order chi connectivity index (χ0) is 20.0. The number of rotatable bonds is 4. The van der Waals surface area contributed by atoms with Crippen molar-refractivity contribution in [2.75, 3.05) is 0 Å². The molecule has 0 aliphatic rings. The summed E-state index contributed by atoms with van der Waals surface area (Å²) in [4.78, 5) is 4.38. The number of para-hydroxylation sites is 1. The van der Waals surface area contributed by atoms with Crippen LogP contribution in [-0.2, 0) is 5.75 Å². The first kappa shape index (κ1) is 17.8. The molecule has 3 heterocycles. The first-order valence-electron chi connectivity index (χ1n) is 9.05. The first-order chi connectivity index (χ1) is 14.1. The lowest BCUT2D eigenvalue weighted by molar-refractivity contribution is 0.391. The van der Waals surface area contributed by atoms with Gasteiger partial charge in [0, 0.05) is 10.9 Å². The maximum absolute atomic E-state index is 13.8. The van der Waals surface area contributed by atoms with Gasteiger partial charge in [0.15, 0.2) is 10.8 Å². The summed E-state index contributed by atoms with van der Waals surface area (Å²) in [5.74, 6) is 0.954. The van der Waals surface area contributed by atoms with Crippen molar-refractivity contribution in [1.29, 1.82) is 0 Å². The van der Waals surface area contributed by atoms with E-state index in [0.717, 1.165) is 27.3 Å². The average Bonchev–Trinajstić information content (AvgIpc) is 3.36. The second-order valence-corrected chi connectivity index (χ2v) is 7.73. The van der Waals surface area contributed by atoms with E-state index in [1.165, 1.54) is 17.8 Å². The fourth-order valence-corrected chi connectivity index (χ4v) is 4.05. The molecule has 0 unspecified atom stereocenters. The Labute approximate surface area is 169 Å².